The highest BCUT2D eigenvalue weighted by atomic mass is 16.2. The molecule has 0 spiro atoms. The predicted octanol–water partition coefficient (Wildman–Crippen LogP) is 3.03. The summed E-state index contributed by atoms with van der Waals surface area (Å²) in [6.45, 7) is 12.5. The lowest BCUT2D eigenvalue weighted by molar-refractivity contribution is 0.484. The molecule has 0 atom stereocenters. The molecule has 0 saturated heterocycles. The van der Waals surface area contributed by atoms with Crippen LogP contribution >= 0.6 is 0 Å². The van der Waals surface area contributed by atoms with Gasteiger partial charge in [-0.3, -0.25) is 22.9 Å². The number of hydrogen-bond donors (Lipinski definition) is 0. The van der Waals surface area contributed by atoms with Crippen molar-refractivity contribution in [3.05, 3.63) is 61.6 Å². The molecule has 3 heterocycles. The van der Waals surface area contributed by atoms with Crippen LogP contribution < -0.4 is 11.2 Å². The summed E-state index contributed by atoms with van der Waals surface area (Å²) in [5, 5.41) is 0. The molecule has 152 valence electrons. The third-order valence-corrected chi connectivity index (χ3v) is 5.67. The summed E-state index contributed by atoms with van der Waals surface area (Å²) in [5.41, 5.74) is 5.51. The summed E-state index contributed by atoms with van der Waals surface area (Å²) in [6.07, 6.45) is 0. The van der Waals surface area contributed by atoms with Gasteiger partial charge in [-0.2, -0.15) is 4.98 Å². The summed E-state index contributed by atoms with van der Waals surface area (Å²) < 4.78 is 6.78. The Morgan fingerprint density at radius 3 is 2.38 bits per heavy atom. The van der Waals surface area contributed by atoms with Crippen LogP contribution in [0.5, 0.6) is 0 Å². The fourth-order valence-corrected chi connectivity index (χ4v) is 4.03. The van der Waals surface area contributed by atoms with E-state index in [1.807, 2.05) is 32.1 Å². The van der Waals surface area contributed by atoms with Crippen LogP contribution in [0, 0.1) is 33.6 Å². The first-order valence-electron chi connectivity index (χ1n) is 9.91. The van der Waals surface area contributed by atoms with Gasteiger partial charge in [0.15, 0.2) is 11.2 Å². The number of benzene rings is 1. The van der Waals surface area contributed by atoms with Crippen molar-refractivity contribution >= 4 is 16.9 Å². The van der Waals surface area contributed by atoms with Crippen molar-refractivity contribution in [1.29, 1.82) is 0 Å². The van der Waals surface area contributed by atoms with Gasteiger partial charge < -0.3 is 0 Å². The van der Waals surface area contributed by atoms with Crippen molar-refractivity contribution in [1.82, 2.24) is 23.1 Å². The number of aryl methyl sites for hydroxylation is 4. The number of hydrogen-bond acceptors (Lipinski definition) is 3. The van der Waals surface area contributed by atoms with E-state index in [-0.39, 0.29) is 17.2 Å². The van der Waals surface area contributed by atoms with Gasteiger partial charge in [0.2, 0.25) is 5.78 Å². The molecule has 29 heavy (non-hydrogen) atoms. The lowest BCUT2D eigenvalue weighted by Gasteiger charge is -2.11. The summed E-state index contributed by atoms with van der Waals surface area (Å²) in [4.78, 5) is 30.9. The van der Waals surface area contributed by atoms with Gasteiger partial charge in [-0.1, -0.05) is 26.0 Å². The zero-order chi connectivity index (χ0) is 21.2. The minimum atomic E-state index is -0.329. The lowest BCUT2D eigenvalue weighted by Crippen LogP contribution is -2.40. The SMILES string of the molecule is Cc1ccc(C)c(-n2c(C)c(C)n3c4c(=O)n(CC(C)C)c(=O)n(C)c4nc23)c1. The van der Waals surface area contributed by atoms with E-state index in [0.29, 0.717) is 23.5 Å². The number of rotatable bonds is 3. The Morgan fingerprint density at radius 2 is 1.72 bits per heavy atom. The molecule has 0 aliphatic heterocycles. The van der Waals surface area contributed by atoms with E-state index >= 15 is 0 Å². The Labute approximate surface area is 168 Å². The molecule has 3 aromatic heterocycles. The van der Waals surface area contributed by atoms with Crippen LogP contribution in [-0.2, 0) is 13.6 Å². The first-order chi connectivity index (χ1) is 13.6. The Balaban J connectivity index is 2.20. The molecule has 0 N–H and O–H groups in total. The monoisotopic (exact) mass is 393 g/mol. The van der Waals surface area contributed by atoms with Crippen LogP contribution in [0.1, 0.15) is 36.4 Å². The van der Waals surface area contributed by atoms with Crippen molar-refractivity contribution in [2.45, 2.75) is 48.1 Å². The Kier molecular flexibility index (Phi) is 4.29. The molecule has 7 nitrogen and oxygen atoms in total. The van der Waals surface area contributed by atoms with E-state index in [1.165, 1.54) is 9.13 Å². The smallest absolute Gasteiger partial charge is 0.282 e. The molecule has 0 aliphatic carbocycles. The van der Waals surface area contributed by atoms with Crippen molar-refractivity contribution in [3.8, 4) is 5.69 Å². The third kappa shape index (κ3) is 2.68. The normalized spacial score (nSPS) is 12.0. The minimum absolute atomic E-state index is 0.184. The van der Waals surface area contributed by atoms with Crippen molar-refractivity contribution in [2.24, 2.45) is 13.0 Å². The highest BCUT2D eigenvalue weighted by Gasteiger charge is 2.23. The molecule has 0 amide bonds. The van der Waals surface area contributed by atoms with E-state index in [4.69, 9.17) is 4.98 Å². The topological polar surface area (TPSA) is 66.2 Å². The molecule has 0 aliphatic rings. The van der Waals surface area contributed by atoms with Gasteiger partial charge in [-0.25, -0.2) is 4.79 Å². The molecule has 1 aromatic carbocycles. The number of aromatic nitrogens is 5. The zero-order valence-electron chi connectivity index (χ0n) is 18.1. The van der Waals surface area contributed by atoms with Gasteiger partial charge in [0.25, 0.3) is 5.56 Å². The molecule has 0 radical (unpaired) electrons. The van der Waals surface area contributed by atoms with Gasteiger partial charge in [0, 0.05) is 25.0 Å². The maximum Gasteiger partial charge on any atom is 0.332 e. The predicted molar refractivity (Wildman–Crippen MR) is 115 cm³/mol. The maximum atomic E-state index is 13.3. The molecular formula is C22H27N5O2. The molecule has 7 heteroatoms. The molecular weight excluding hydrogens is 366 g/mol. The molecule has 4 rings (SSSR count). The molecule has 0 unspecified atom stereocenters. The minimum Gasteiger partial charge on any atom is -0.282 e. The van der Waals surface area contributed by atoms with Gasteiger partial charge in [-0.05, 0) is 50.8 Å². The third-order valence-electron chi connectivity index (χ3n) is 5.67. The van der Waals surface area contributed by atoms with E-state index < -0.39 is 0 Å². The van der Waals surface area contributed by atoms with Crippen molar-refractivity contribution < 1.29 is 0 Å². The van der Waals surface area contributed by atoms with E-state index in [0.717, 1.165) is 28.2 Å². The average molecular weight is 393 g/mol. The lowest BCUT2D eigenvalue weighted by atomic mass is 10.1. The second-order valence-electron chi connectivity index (χ2n) is 8.37. The summed E-state index contributed by atoms with van der Waals surface area (Å²) >= 11 is 0. The van der Waals surface area contributed by atoms with Gasteiger partial charge in [0.05, 0.1) is 5.69 Å². The van der Waals surface area contributed by atoms with E-state index in [2.05, 4.69) is 36.6 Å². The average Bonchev–Trinajstić information content (AvgIpc) is 3.15. The summed E-state index contributed by atoms with van der Waals surface area (Å²) in [7, 11) is 1.68. The zero-order valence-corrected chi connectivity index (χ0v) is 18.1. The van der Waals surface area contributed by atoms with Crippen molar-refractivity contribution in [3.63, 3.8) is 0 Å². The van der Waals surface area contributed by atoms with Crippen LogP contribution in [-0.4, -0.2) is 23.1 Å². The van der Waals surface area contributed by atoms with Crippen LogP contribution in [0.25, 0.3) is 22.6 Å². The molecule has 0 fully saturated rings. The molecule has 0 bridgehead atoms. The standard InChI is InChI=1S/C22H27N5O2/c1-12(2)11-25-20(28)18-19(24(7)22(25)29)23-21-26(15(5)16(6)27(18)21)17-10-13(3)8-9-14(17)4/h8-10,12H,11H2,1-7H3. The highest BCUT2D eigenvalue weighted by molar-refractivity contribution is 5.77. The Bertz CT molecular complexity index is 1400. The first kappa shape index (κ1) is 19.2. The second kappa shape index (κ2) is 6.47. The van der Waals surface area contributed by atoms with Crippen LogP contribution in [0.15, 0.2) is 27.8 Å². The summed E-state index contributed by atoms with van der Waals surface area (Å²) in [5.74, 6) is 0.835. The number of imidazole rings is 2. The van der Waals surface area contributed by atoms with Gasteiger partial charge >= 0.3 is 5.69 Å². The Hall–Kier alpha value is -3.09. The number of fused-ring (bicyclic) bond motifs is 3. The summed E-state index contributed by atoms with van der Waals surface area (Å²) in [6, 6.07) is 6.29. The van der Waals surface area contributed by atoms with Gasteiger partial charge in [0.1, 0.15) is 0 Å². The largest absolute Gasteiger partial charge is 0.332 e. The van der Waals surface area contributed by atoms with Crippen LogP contribution in [0.2, 0.25) is 0 Å². The van der Waals surface area contributed by atoms with E-state index in [1.54, 1.807) is 7.05 Å². The maximum absolute atomic E-state index is 13.3. The van der Waals surface area contributed by atoms with Crippen LogP contribution in [0.4, 0.5) is 0 Å². The second-order valence-corrected chi connectivity index (χ2v) is 8.37. The first-order valence-corrected chi connectivity index (χ1v) is 9.91. The quantitative estimate of drug-likeness (QED) is 0.537. The Morgan fingerprint density at radius 1 is 1.03 bits per heavy atom. The van der Waals surface area contributed by atoms with E-state index in [9.17, 15) is 9.59 Å². The molecule has 0 saturated carbocycles. The fraction of sp³-hybridized carbons (Fsp3) is 0.409. The number of nitrogens with zero attached hydrogens (tertiary/aromatic N) is 5. The van der Waals surface area contributed by atoms with Crippen molar-refractivity contribution in [2.75, 3.05) is 0 Å². The van der Waals surface area contributed by atoms with Gasteiger partial charge in [-0.15, -0.1) is 0 Å². The highest BCUT2D eigenvalue weighted by Crippen LogP contribution is 2.26. The van der Waals surface area contributed by atoms with Crippen LogP contribution in [0.3, 0.4) is 0 Å². The fourth-order valence-electron chi connectivity index (χ4n) is 4.03. The molecule has 4 aromatic rings.